The summed E-state index contributed by atoms with van der Waals surface area (Å²) in [4.78, 5) is 26.1. The van der Waals surface area contributed by atoms with Gasteiger partial charge in [-0.15, -0.1) is 11.3 Å². The minimum atomic E-state index is -1.25. The van der Waals surface area contributed by atoms with E-state index in [-0.39, 0.29) is 11.8 Å². The van der Waals surface area contributed by atoms with Crippen LogP contribution in [-0.4, -0.2) is 11.8 Å². The quantitative estimate of drug-likeness (QED) is 0.591. The molecule has 5 rings (SSSR count). The molecule has 2 aliphatic rings. The molecule has 1 spiro atoms. The van der Waals surface area contributed by atoms with Crippen LogP contribution in [0, 0.1) is 6.92 Å². The Labute approximate surface area is 141 Å². The number of nitrogens with one attached hydrogen (secondary N) is 3. The van der Waals surface area contributed by atoms with Gasteiger partial charge in [-0.2, -0.15) is 0 Å². The number of thiophene rings is 1. The Hall–Kier alpha value is -2.86. The Morgan fingerprint density at radius 2 is 1.79 bits per heavy atom. The zero-order valence-electron chi connectivity index (χ0n) is 12.8. The molecule has 2 aliphatic heterocycles. The van der Waals surface area contributed by atoms with Gasteiger partial charge in [0.15, 0.2) is 0 Å². The first-order valence-corrected chi connectivity index (χ1v) is 8.45. The van der Waals surface area contributed by atoms with Crippen LogP contribution in [0.3, 0.4) is 0 Å². The summed E-state index contributed by atoms with van der Waals surface area (Å²) in [6, 6.07) is 13.5. The van der Waals surface area contributed by atoms with Crippen LogP contribution in [0.15, 0.2) is 42.5 Å². The highest BCUT2D eigenvalue weighted by Gasteiger charge is 2.52. The number of fused-ring (bicyclic) bond motifs is 5. The van der Waals surface area contributed by atoms with Gasteiger partial charge in [0.1, 0.15) is 4.88 Å². The van der Waals surface area contributed by atoms with E-state index in [1.54, 1.807) is 0 Å². The van der Waals surface area contributed by atoms with E-state index in [0.717, 1.165) is 32.6 Å². The second-order valence-electron chi connectivity index (χ2n) is 6.08. The number of hydrogen-bond donors (Lipinski definition) is 3. The lowest BCUT2D eigenvalue weighted by Crippen LogP contribution is -2.58. The molecule has 0 radical (unpaired) electrons. The highest BCUT2D eigenvalue weighted by molar-refractivity contribution is 7.21. The molecule has 0 fully saturated rings. The fourth-order valence-corrected chi connectivity index (χ4v) is 4.55. The summed E-state index contributed by atoms with van der Waals surface area (Å²) in [5.41, 5.74) is 1.95. The minimum absolute atomic E-state index is 0.227. The summed E-state index contributed by atoms with van der Waals surface area (Å²) < 4.78 is 1.02. The van der Waals surface area contributed by atoms with Crippen molar-refractivity contribution in [3.63, 3.8) is 0 Å². The van der Waals surface area contributed by atoms with Crippen molar-refractivity contribution in [2.24, 2.45) is 0 Å². The summed E-state index contributed by atoms with van der Waals surface area (Å²) in [7, 11) is 0. The van der Waals surface area contributed by atoms with E-state index in [1.807, 2.05) is 49.4 Å². The van der Waals surface area contributed by atoms with Crippen LogP contribution < -0.4 is 16.0 Å². The zero-order valence-corrected chi connectivity index (χ0v) is 13.6. The van der Waals surface area contributed by atoms with Gasteiger partial charge in [0.2, 0.25) is 5.66 Å². The fourth-order valence-electron chi connectivity index (χ4n) is 3.50. The monoisotopic (exact) mass is 335 g/mol. The van der Waals surface area contributed by atoms with Gasteiger partial charge in [-0.1, -0.05) is 36.4 Å². The van der Waals surface area contributed by atoms with Gasteiger partial charge in [-0.25, -0.2) is 0 Å². The number of amides is 2. The number of benzene rings is 2. The number of hydrogen-bond acceptors (Lipinski definition) is 4. The highest BCUT2D eigenvalue weighted by atomic mass is 32.1. The third kappa shape index (κ3) is 1.53. The van der Waals surface area contributed by atoms with E-state index < -0.39 is 5.66 Å². The van der Waals surface area contributed by atoms with Crippen LogP contribution in [-0.2, 0) is 10.5 Å². The van der Waals surface area contributed by atoms with E-state index >= 15 is 0 Å². The number of rotatable bonds is 0. The van der Waals surface area contributed by atoms with Crippen molar-refractivity contribution in [3.05, 3.63) is 58.5 Å². The molecule has 2 amide bonds. The molecule has 24 heavy (non-hydrogen) atoms. The molecule has 3 aromatic rings. The number of para-hydroxylation sites is 1. The Morgan fingerprint density at radius 1 is 0.958 bits per heavy atom. The molecule has 6 heteroatoms. The lowest BCUT2D eigenvalue weighted by Gasteiger charge is -2.34. The van der Waals surface area contributed by atoms with Gasteiger partial charge in [0.05, 0.1) is 11.4 Å². The maximum Gasteiger partial charge on any atom is 0.275 e. The first-order chi connectivity index (χ1) is 11.6. The first kappa shape index (κ1) is 13.6. The van der Waals surface area contributed by atoms with E-state index in [1.165, 1.54) is 11.3 Å². The van der Waals surface area contributed by atoms with E-state index in [4.69, 9.17) is 0 Å². The van der Waals surface area contributed by atoms with Gasteiger partial charge in [0.25, 0.3) is 11.8 Å². The molecule has 0 aliphatic carbocycles. The van der Waals surface area contributed by atoms with Gasteiger partial charge in [-0.05, 0) is 18.6 Å². The molecular weight excluding hydrogens is 322 g/mol. The predicted molar refractivity (Wildman–Crippen MR) is 94.4 cm³/mol. The van der Waals surface area contributed by atoms with Crippen molar-refractivity contribution in [1.29, 1.82) is 0 Å². The van der Waals surface area contributed by atoms with E-state index in [0.29, 0.717) is 4.88 Å². The summed E-state index contributed by atoms with van der Waals surface area (Å²) >= 11 is 1.43. The molecule has 0 saturated carbocycles. The number of aryl methyl sites for hydroxylation is 1. The molecule has 3 N–H and O–H groups in total. The SMILES string of the molecule is Cc1cccc2c1NC(=O)C21NC(=O)c2sc3ccccc3c2N1. The van der Waals surface area contributed by atoms with Crippen LogP contribution in [0.5, 0.6) is 0 Å². The second kappa shape index (κ2) is 4.36. The number of anilines is 2. The maximum atomic E-state index is 12.8. The number of carbonyl (C=O) groups excluding carboxylic acids is 2. The molecule has 1 atom stereocenters. The van der Waals surface area contributed by atoms with Crippen molar-refractivity contribution in [2.75, 3.05) is 10.6 Å². The average molecular weight is 335 g/mol. The topological polar surface area (TPSA) is 70.2 Å². The third-order valence-electron chi connectivity index (χ3n) is 4.67. The molecule has 5 nitrogen and oxygen atoms in total. The van der Waals surface area contributed by atoms with Gasteiger partial charge >= 0.3 is 0 Å². The Balaban J connectivity index is 1.77. The normalized spacial score (nSPS) is 21.2. The largest absolute Gasteiger partial charge is 0.349 e. The zero-order chi connectivity index (χ0) is 16.5. The molecule has 118 valence electrons. The van der Waals surface area contributed by atoms with E-state index in [2.05, 4.69) is 16.0 Å². The van der Waals surface area contributed by atoms with Crippen molar-refractivity contribution in [1.82, 2.24) is 5.32 Å². The lowest BCUT2D eigenvalue weighted by atomic mass is 9.96. The standard InChI is InChI=1S/C18H13N3O2S/c1-9-5-4-7-11-13(9)19-17(23)18(11)20-14-10-6-2-3-8-12(10)24-15(14)16(22)21-18/h2-8,20H,1H3,(H,19,23)(H,21,22). The molecule has 3 heterocycles. The fraction of sp³-hybridized carbons (Fsp3) is 0.111. The lowest BCUT2D eigenvalue weighted by molar-refractivity contribution is -0.120. The van der Waals surface area contributed by atoms with Crippen molar-refractivity contribution >= 4 is 44.6 Å². The maximum absolute atomic E-state index is 12.8. The summed E-state index contributed by atoms with van der Waals surface area (Å²) in [5.74, 6) is -0.490. The van der Waals surface area contributed by atoms with Crippen molar-refractivity contribution < 1.29 is 9.59 Å². The molecule has 1 aromatic heterocycles. The Morgan fingerprint density at radius 3 is 2.67 bits per heavy atom. The predicted octanol–water partition coefficient (Wildman–Crippen LogP) is 3.17. The Bertz CT molecular complexity index is 1060. The summed E-state index contributed by atoms with van der Waals surface area (Å²) in [6.45, 7) is 1.94. The Kier molecular flexibility index (Phi) is 2.46. The molecule has 0 bridgehead atoms. The van der Waals surface area contributed by atoms with Gasteiger partial charge in [0, 0.05) is 15.6 Å². The van der Waals surface area contributed by atoms with E-state index in [9.17, 15) is 9.59 Å². The summed E-state index contributed by atoms with van der Waals surface area (Å²) in [6.07, 6.45) is 0. The van der Waals surface area contributed by atoms with Crippen LogP contribution in [0.1, 0.15) is 20.8 Å². The smallest absolute Gasteiger partial charge is 0.275 e. The second-order valence-corrected chi connectivity index (χ2v) is 7.14. The molecule has 2 aromatic carbocycles. The molecule has 0 saturated heterocycles. The van der Waals surface area contributed by atoms with Gasteiger partial charge in [-0.3, -0.25) is 9.59 Å². The molecular formula is C18H13N3O2S. The minimum Gasteiger partial charge on any atom is -0.349 e. The average Bonchev–Trinajstić information content (AvgIpc) is 3.07. The molecule has 1 unspecified atom stereocenters. The van der Waals surface area contributed by atoms with Crippen molar-refractivity contribution in [3.8, 4) is 0 Å². The summed E-state index contributed by atoms with van der Waals surface area (Å²) in [5, 5.41) is 10.1. The van der Waals surface area contributed by atoms with Crippen LogP contribution >= 0.6 is 11.3 Å². The highest BCUT2D eigenvalue weighted by Crippen LogP contribution is 2.45. The number of carbonyl (C=O) groups is 2. The van der Waals surface area contributed by atoms with Gasteiger partial charge < -0.3 is 16.0 Å². The third-order valence-corrected chi connectivity index (χ3v) is 5.84. The van der Waals surface area contributed by atoms with Crippen LogP contribution in [0.25, 0.3) is 10.1 Å². The van der Waals surface area contributed by atoms with Crippen LogP contribution in [0.4, 0.5) is 11.4 Å². The van der Waals surface area contributed by atoms with Crippen LogP contribution in [0.2, 0.25) is 0 Å². The van der Waals surface area contributed by atoms with Crippen molar-refractivity contribution in [2.45, 2.75) is 12.6 Å². The first-order valence-electron chi connectivity index (χ1n) is 7.64.